The SMILES string of the molecule is Cc1nc(COc2ccc(S(=O)(=O)Cl)cc2C)no1. The molecule has 0 aliphatic heterocycles. The summed E-state index contributed by atoms with van der Waals surface area (Å²) < 4.78 is 32.6. The summed E-state index contributed by atoms with van der Waals surface area (Å²) in [5.74, 6) is 1.41. The van der Waals surface area contributed by atoms with Crippen molar-refractivity contribution >= 4 is 19.7 Å². The van der Waals surface area contributed by atoms with Gasteiger partial charge in [0.1, 0.15) is 5.75 Å². The van der Waals surface area contributed by atoms with Crippen molar-refractivity contribution in [2.45, 2.75) is 25.3 Å². The van der Waals surface area contributed by atoms with Crippen LogP contribution in [0, 0.1) is 13.8 Å². The van der Waals surface area contributed by atoms with E-state index in [1.54, 1.807) is 13.8 Å². The Labute approximate surface area is 114 Å². The van der Waals surface area contributed by atoms with E-state index in [1.807, 2.05) is 0 Å². The van der Waals surface area contributed by atoms with E-state index < -0.39 is 9.05 Å². The molecule has 8 heteroatoms. The molecule has 0 N–H and O–H groups in total. The van der Waals surface area contributed by atoms with Crippen LogP contribution in [0.3, 0.4) is 0 Å². The van der Waals surface area contributed by atoms with Gasteiger partial charge < -0.3 is 9.26 Å². The first kappa shape index (κ1) is 13.8. The highest BCUT2D eigenvalue weighted by Gasteiger charge is 2.12. The van der Waals surface area contributed by atoms with Gasteiger partial charge in [-0.2, -0.15) is 4.98 Å². The van der Waals surface area contributed by atoms with Crippen molar-refractivity contribution in [2.24, 2.45) is 0 Å². The average Bonchev–Trinajstić information content (AvgIpc) is 2.72. The number of ether oxygens (including phenoxy) is 1. The van der Waals surface area contributed by atoms with Crippen LogP contribution in [0.4, 0.5) is 0 Å². The molecule has 1 heterocycles. The number of hydrogen-bond donors (Lipinski definition) is 0. The normalized spacial score (nSPS) is 11.5. The Kier molecular flexibility index (Phi) is 3.77. The van der Waals surface area contributed by atoms with Gasteiger partial charge in [0.05, 0.1) is 4.90 Å². The van der Waals surface area contributed by atoms with Crippen LogP contribution in [0.25, 0.3) is 0 Å². The standard InChI is InChI=1S/C11H11ClN2O4S/c1-7-5-9(19(12,15)16)3-4-10(7)17-6-11-13-8(2)18-14-11/h3-5H,6H2,1-2H3. The third-order valence-electron chi connectivity index (χ3n) is 2.35. The quantitative estimate of drug-likeness (QED) is 0.805. The summed E-state index contributed by atoms with van der Waals surface area (Å²) in [6.45, 7) is 3.55. The minimum absolute atomic E-state index is 0.0365. The van der Waals surface area contributed by atoms with Gasteiger partial charge in [0.2, 0.25) is 11.7 Å². The van der Waals surface area contributed by atoms with E-state index in [9.17, 15) is 8.42 Å². The molecule has 0 saturated carbocycles. The monoisotopic (exact) mass is 302 g/mol. The first-order chi connectivity index (χ1) is 8.86. The maximum Gasteiger partial charge on any atom is 0.261 e. The zero-order valence-corrected chi connectivity index (χ0v) is 11.8. The molecule has 0 bridgehead atoms. The van der Waals surface area contributed by atoms with Gasteiger partial charge in [0.15, 0.2) is 6.61 Å². The van der Waals surface area contributed by atoms with Crippen molar-refractivity contribution in [2.75, 3.05) is 0 Å². The summed E-state index contributed by atoms with van der Waals surface area (Å²) in [6.07, 6.45) is 0. The lowest BCUT2D eigenvalue weighted by molar-refractivity contribution is 0.284. The van der Waals surface area contributed by atoms with Crippen molar-refractivity contribution in [1.29, 1.82) is 0 Å². The van der Waals surface area contributed by atoms with Crippen LogP contribution in [0.15, 0.2) is 27.6 Å². The molecule has 0 amide bonds. The van der Waals surface area contributed by atoms with Crippen LogP contribution in [0.2, 0.25) is 0 Å². The van der Waals surface area contributed by atoms with Crippen LogP contribution in [0.1, 0.15) is 17.3 Å². The minimum atomic E-state index is -3.73. The van der Waals surface area contributed by atoms with Crippen molar-refractivity contribution in [1.82, 2.24) is 10.1 Å². The molecule has 6 nitrogen and oxygen atoms in total. The third kappa shape index (κ3) is 3.45. The molecule has 19 heavy (non-hydrogen) atoms. The van der Waals surface area contributed by atoms with Gasteiger partial charge in [-0.1, -0.05) is 5.16 Å². The van der Waals surface area contributed by atoms with E-state index in [1.165, 1.54) is 18.2 Å². The molecule has 0 saturated heterocycles. The highest BCUT2D eigenvalue weighted by atomic mass is 35.7. The maximum absolute atomic E-state index is 11.2. The van der Waals surface area contributed by atoms with Gasteiger partial charge in [0.25, 0.3) is 9.05 Å². The largest absolute Gasteiger partial charge is 0.485 e. The Morgan fingerprint density at radius 3 is 2.63 bits per heavy atom. The number of benzene rings is 1. The fourth-order valence-corrected chi connectivity index (χ4v) is 2.31. The molecule has 0 aliphatic carbocycles. The molecule has 1 aromatic heterocycles. The van der Waals surface area contributed by atoms with E-state index in [0.29, 0.717) is 23.0 Å². The Morgan fingerprint density at radius 2 is 2.11 bits per heavy atom. The molecule has 0 atom stereocenters. The van der Waals surface area contributed by atoms with Crippen molar-refractivity contribution in [3.8, 4) is 5.75 Å². The van der Waals surface area contributed by atoms with Crippen molar-refractivity contribution in [3.05, 3.63) is 35.5 Å². The third-order valence-corrected chi connectivity index (χ3v) is 3.71. The van der Waals surface area contributed by atoms with E-state index in [4.69, 9.17) is 19.9 Å². The lowest BCUT2D eigenvalue weighted by Gasteiger charge is -2.07. The first-order valence-corrected chi connectivity index (χ1v) is 7.64. The van der Waals surface area contributed by atoms with Gasteiger partial charge >= 0.3 is 0 Å². The molecule has 0 radical (unpaired) electrons. The van der Waals surface area contributed by atoms with E-state index in [0.717, 1.165) is 0 Å². The van der Waals surface area contributed by atoms with Crippen molar-refractivity contribution in [3.63, 3.8) is 0 Å². The zero-order chi connectivity index (χ0) is 14.0. The van der Waals surface area contributed by atoms with E-state index >= 15 is 0 Å². The van der Waals surface area contributed by atoms with Crippen molar-refractivity contribution < 1.29 is 17.7 Å². The predicted octanol–water partition coefficient (Wildman–Crippen LogP) is 2.19. The summed E-state index contributed by atoms with van der Waals surface area (Å²) in [6, 6.07) is 4.36. The molecule has 0 fully saturated rings. The summed E-state index contributed by atoms with van der Waals surface area (Å²) in [4.78, 5) is 4.03. The smallest absolute Gasteiger partial charge is 0.261 e. The molecule has 0 unspecified atom stereocenters. The second-order valence-electron chi connectivity index (χ2n) is 3.88. The second kappa shape index (κ2) is 5.18. The topological polar surface area (TPSA) is 82.3 Å². The van der Waals surface area contributed by atoms with Gasteiger partial charge in [-0.05, 0) is 30.7 Å². The average molecular weight is 303 g/mol. The van der Waals surface area contributed by atoms with E-state index in [2.05, 4.69) is 10.1 Å². The molecular formula is C11H11ClN2O4S. The molecule has 2 rings (SSSR count). The molecular weight excluding hydrogens is 292 g/mol. The summed E-state index contributed by atoms with van der Waals surface area (Å²) in [5.41, 5.74) is 0.655. The number of rotatable bonds is 4. The minimum Gasteiger partial charge on any atom is -0.485 e. The Bertz CT molecular complexity index is 696. The maximum atomic E-state index is 11.2. The van der Waals surface area contributed by atoms with Crippen LogP contribution >= 0.6 is 10.7 Å². The number of hydrogen-bond acceptors (Lipinski definition) is 6. The number of halogens is 1. The van der Waals surface area contributed by atoms with Crippen LogP contribution < -0.4 is 4.74 Å². The number of nitrogens with zero attached hydrogens (tertiary/aromatic N) is 2. The van der Waals surface area contributed by atoms with Gasteiger partial charge in [0, 0.05) is 17.6 Å². The summed E-state index contributed by atoms with van der Waals surface area (Å²) in [7, 11) is 1.53. The number of aryl methyl sites for hydroxylation is 2. The molecule has 102 valence electrons. The van der Waals surface area contributed by atoms with E-state index in [-0.39, 0.29) is 11.5 Å². The van der Waals surface area contributed by atoms with Gasteiger partial charge in [-0.3, -0.25) is 0 Å². The Balaban J connectivity index is 2.14. The predicted molar refractivity (Wildman–Crippen MR) is 67.6 cm³/mol. The second-order valence-corrected chi connectivity index (χ2v) is 6.45. The molecule has 0 spiro atoms. The molecule has 2 aromatic rings. The molecule has 1 aromatic carbocycles. The first-order valence-electron chi connectivity index (χ1n) is 5.33. The number of aromatic nitrogens is 2. The fraction of sp³-hybridized carbons (Fsp3) is 0.273. The highest BCUT2D eigenvalue weighted by Crippen LogP contribution is 2.24. The van der Waals surface area contributed by atoms with Crippen LogP contribution in [-0.2, 0) is 15.7 Å². The highest BCUT2D eigenvalue weighted by molar-refractivity contribution is 8.13. The van der Waals surface area contributed by atoms with Gasteiger partial charge in [-0.15, -0.1) is 0 Å². The Hall–Kier alpha value is -1.60. The summed E-state index contributed by atoms with van der Waals surface area (Å²) >= 11 is 0. The summed E-state index contributed by atoms with van der Waals surface area (Å²) in [5, 5.41) is 3.69. The fourth-order valence-electron chi connectivity index (χ4n) is 1.48. The Morgan fingerprint density at radius 1 is 1.37 bits per heavy atom. The lowest BCUT2D eigenvalue weighted by Crippen LogP contribution is -2.00. The molecule has 0 aliphatic rings. The van der Waals surface area contributed by atoms with Crippen LogP contribution in [-0.4, -0.2) is 18.6 Å². The zero-order valence-electron chi connectivity index (χ0n) is 10.3. The lowest BCUT2D eigenvalue weighted by atomic mass is 10.2. The van der Waals surface area contributed by atoms with Gasteiger partial charge in [-0.25, -0.2) is 8.42 Å². The van der Waals surface area contributed by atoms with Crippen LogP contribution in [0.5, 0.6) is 5.75 Å².